The Morgan fingerprint density at radius 3 is 3.00 bits per heavy atom. The number of carbonyl (C=O) groups excluding carboxylic acids is 1. The van der Waals surface area contributed by atoms with Crippen molar-refractivity contribution in [1.29, 1.82) is 0 Å². The summed E-state index contributed by atoms with van der Waals surface area (Å²) < 4.78 is 5.54. The molecule has 1 unspecified atom stereocenters. The van der Waals surface area contributed by atoms with Crippen LogP contribution in [-0.2, 0) is 6.42 Å². The molecule has 0 aliphatic carbocycles. The number of nitrogens with zero attached hydrogens (tertiary/aromatic N) is 2. The Bertz CT molecular complexity index is 527. The summed E-state index contributed by atoms with van der Waals surface area (Å²) in [5, 5.41) is 3.07. The van der Waals surface area contributed by atoms with E-state index in [1.54, 1.807) is 6.20 Å². The number of piperidine rings is 1. The molecule has 5 heteroatoms. The van der Waals surface area contributed by atoms with Crippen molar-refractivity contribution in [3.8, 4) is 5.75 Å². The fourth-order valence-corrected chi connectivity index (χ4v) is 3.25. The molecule has 2 aliphatic heterocycles. The van der Waals surface area contributed by atoms with E-state index in [1.165, 1.54) is 19.3 Å². The van der Waals surface area contributed by atoms with E-state index in [9.17, 15) is 4.79 Å². The molecule has 1 aromatic heterocycles. The first-order valence-corrected chi connectivity index (χ1v) is 8.37. The van der Waals surface area contributed by atoms with Gasteiger partial charge in [-0.05, 0) is 57.3 Å². The van der Waals surface area contributed by atoms with Gasteiger partial charge in [-0.25, -0.2) is 4.98 Å². The van der Waals surface area contributed by atoms with Crippen LogP contribution in [0.15, 0.2) is 12.3 Å². The van der Waals surface area contributed by atoms with Crippen LogP contribution >= 0.6 is 0 Å². The van der Waals surface area contributed by atoms with E-state index in [0.717, 1.165) is 50.4 Å². The second-order valence-electron chi connectivity index (χ2n) is 6.37. The standard InChI is InChI=1S/C17H25N3O2/c1-13(12-20-7-3-2-4-8-20)19-17(21)15-10-14-6-5-9-22-16(14)11-18-15/h10-11,13H,2-9,12H2,1H3,(H,19,21). The van der Waals surface area contributed by atoms with Gasteiger partial charge in [0.1, 0.15) is 11.4 Å². The van der Waals surface area contributed by atoms with Gasteiger partial charge < -0.3 is 15.0 Å². The average molecular weight is 303 g/mol. The largest absolute Gasteiger partial charge is 0.492 e. The van der Waals surface area contributed by atoms with E-state index < -0.39 is 0 Å². The lowest BCUT2D eigenvalue weighted by molar-refractivity contribution is 0.0920. The molecular formula is C17H25N3O2. The van der Waals surface area contributed by atoms with Gasteiger partial charge in [0, 0.05) is 12.6 Å². The van der Waals surface area contributed by atoms with Crippen LogP contribution in [0.4, 0.5) is 0 Å². The Morgan fingerprint density at radius 2 is 2.18 bits per heavy atom. The zero-order valence-electron chi connectivity index (χ0n) is 13.3. The lowest BCUT2D eigenvalue weighted by Gasteiger charge is -2.29. The third kappa shape index (κ3) is 3.77. The smallest absolute Gasteiger partial charge is 0.270 e. The SMILES string of the molecule is CC(CN1CCCCC1)NC(=O)c1cc2c(cn1)OCCC2. The van der Waals surface area contributed by atoms with Crippen LogP contribution in [0.5, 0.6) is 5.75 Å². The second-order valence-corrected chi connectivity index (χ2v) is 6.37. The minimum atomic E-state index is -0.0853. The fraction of sp³-hybridized carbons (Fsp3) is 0.647. The van der Waals surface area contributed by atoms with E-state index in [4.69, 9.17) is 4.74 Å². The van der Waals surface area contributed by atoms with Crippen LogP contribution < -0.4 is 10.1 Å². The maximum Gasteiger partial charge on any atom is 0.270 e. The third-order valence-electron chi connectivity index (χ3n) is 4.39. The van der Waals surface area contributed by atoms with Gasteiger partial charge in [-0.15, -0.1) is 0 Å². The normalized spacial score (nSPS) is 19.9. The van der Waals surface area contributed by atoms with Crippen LogP contribution in [-0.4, -0.2) is 48.1 Å². The molecule has 0 radical (unpaired) electrons. The summed E-state index contributed by atoms with van der Waals surface area (Å²) in [6.45, 7) is 6.02. The molecule has 0 aromatic carbocycles. The predicted molar refractivity (Wildman–Crippen MR) is 85.3 cm³/mol. The summed E-state index contributed by atoms with van der Waals surface area (Å²) in [5.41, 5.74) is 1.59. The van der Waals surface area contributed by atoms with Crippen LogP contribution in [0.3, 0.4) is 0 Å². The zero-order chi connectivity index (χ0) is 15.4. The van der Waals surface area contributed by atoms with Gasteiger partial charge in [0.15, 0.2) is 0 Å². The molecule has 3 heterocycles. The van der Waals surface area contributed by atoms with Gasteiger partial charge in [0.25, 0.3) is 5.91 Å². The second kappa shape index (κ2) is 7.09. The number of ether oxygens (including phenoxy) is 1. The maximum absolute atomic E-state index is 12.3. The highest BCUT2D eigenvalue weighted by molar-refractivity contribution is 5.92. The van der Waals surface area contributed by atoms with Gasteiger partial charge in [0.2, 0.25) is 0 Å². The van der Waals surface area contributed by atoms with Crippen molar-refractivity contribution in [3.05, 3.63) is 23.5 Å². The summed E-state index contributed by atoms with van der Waals surface area (Å²) in [6.07, 6.45) is 7.52. The molecule has 2 aliphatic rings. The number of aromatic nitrogens is 1. The van der Waals surface area contributed by atoms with Crippen molar-refractivity contribution in [2.45, 2.75) is 45.1 Å². The monoisotopic (exact) mass is 303 g/mol. The predicted octanol–water partition coefficient (Wildman–Crippen LogP) is 2.01. The molecule has 0 bridgehead atoms. The highest BCUT2D eigenvalue weighted by Gasteiger charge is 2.18. The molecule has 1 amide bonds. The fourth-order valence-electron chi connectivity index (χ4n) is 3.25. The summed E-state index contributed by atoms with van der Waals surface area (Å²) in [4.78, 5) is 19.0. The topological polar surface area (TPSA) is 54.5 Å². The Kier molecular flexibility index (Phi) is 4.93. The van der Waals surface area contributed by atoms with Gasteiger partial charge in [-0.3, -0.25) is 4.79 Å². The molecule has 3 rings (SSSR count). The molecule has 0 spiro atoms. The van der Waals surface area contributed by atoms with Crippen molar-refractivity contribution >= 4 is 5.91 Å². The van der Waals surface area contributed by atoms with E-state index in [0.29, 0.717) is 5.69 Å². The highest BCUT2D eigenvalue weighted by atomic mass is 16.5. The van der Waals surface area contributed by atoms with Crippen molar-refractivity contribution in [2.24, 2.45) is 0 Å². The molecule has 0 saturated carbocycles. The number of hydrogen-bond donors (Lipinski definition) is 1. The van der Waals surface area contributed by atoms with Crippen molar-refractivity contribution in [1.82, 2.24) is 15.2 Å². The average Bonchev–Trinajstić information content (AvgIpc) is 2.55. The number of aryl methyl sites for hydroxylation is 1. The third-order valence-corrected chi connectivity index (χ3v) is 4.39. The maximum atomic E-state index is 12.3. The molecule has 1 saturated heterocycles. The lowest BCUT2D eigenvalue weighted by atomic mass is 10.1. The number of hydrogen-bond acceptors (Lipinski definition) is 4. The summed E-state index contributed by atoms with van der Waals surface area (Å²) in [5.74, 6) is 0.738. The zero-order valence-corrected chi connectivity index (χ0v) is 13.3. The number of likely N-dealkylation sites (tertiary alicyclic amines) is 1. The number of nitrogens with one attached hydrogen (secondary N) is 1. The molecule has 1 fully saturated rings. The lowest BCUT2D eigenvalue weighted by Crippen LogP contribution is -2.43. The number of fused-ring (bicyclic) bond motifs is 1. The number of carbonyl (C=O) groups is 1. The van der Waals surface area contributed by atoms with E-state index in [2.05, 4.69) is 22.1 Å². The van der Waals surface area contributed by atoms with Crippen LogP contribution in [0.25, 0.3) is 0 Å². The summed E-state index contributed by atoms with van der Waals surface area (Å²) >= 11 is 0. The minimum Gasteiger partial charge on any atom is -0.492 e. The van der Waals surface area contributed by atoms with Gasteiger partial charge in [-0.1, -0.05) is 6.42 Å². The molecule has 120 valence electrons. The highest BCUT2D eigenvalue weighted by Crippen LogP contribution is 2.23. The van der Waals surface area contributed by atoms with Gasteiger partial charge in [0.05, 0.1) is 12.8 Å². The first-order valence-electron chi connectivity index (χ1n) is 8.37. The Balaban J connectivity index is 1.56. The first-order chi connectivity index (χ1) is 10.7. The van der Waals surface area contributed by atoms with Crippen molar-refractivity contribution in [3.63, 3.8) is 0 Å². The van der Waals surface area contributed by atoms with E-state index in [1.807, 2.05) is 6.07 Å². The molecular weight excluding hydrogens is 278 g/mol. The van der Waals surface area contributed by atoms with Crippen LogP contribution in [0, 0.1) is 0 Å². The Hall–Kier alpha value is -1.62. The molecule has 1 N–H and O–H groups in total. The Labute approximate surface area is 132 Å². The minimum absolute atomic E-state index is 0.0853. The van der Waals surface area contributed by atoms with Crippen molar-refractivity contribution < 1.29 is 9.53 Å². The number of pyridine rings is 1. The summed E-state index contributed by atoms with van der Waals surface area (Å²) in [7, 11) is 0. The van der Waals surface area contributed by atoms with Crippen LogP contribution in [0.1, 0.15) is 48.7 Å². The van der Waals surface area contributed by atoms with Crippen molar-refractivity contribution in [2.75, 3.05) is 26.2 Å². The molecule has 22 heavy (non-hydrogen) atoms. The quantitative estimate of drug-likeness (QED) is 0.924. The Morgan fingerprint density at radius 1 is 1.36 bits per heavy atom. The number of amides is 1. The number of rotatable bonds is 4. The molecule has 1 aromatic rings. The first kappa shape index (κ1) is 15.3. The van der Waals surface area contributed by atoms with E-state index in [-0.39, 0.29) is 11.9 Å². The van der Waals surface area contributed by atoms with Gasteiger partial charge >= 0.3 is 0 Å². The molecule has 5 nitrogen and oxygen atoms in total. The molecule has 1 atom stereocenters. The van der Waals surface area contributed by atoms with Gasteiger partial charge in [-0.2, -0.15) is 0 Å². The summed E-state index contributed by atoms with van der Waals surface area (Å²) in [6, 6.07) is 2.01. The van der Waals surface area contributed by atoms with E-state index >= 15 is 0 Å². The van der Waals surface area contributed by atoms with Crippen LogP contribution in [0.2, 0.25) is 0 Å².